The average molecular weight is 305 g/mol. The monoisotopic (exact) mass is 305 g/mol. The summed E-state index contributed by atoms with van der Waals surface area (Å²) in [7, 11) is 0. The molecule has 1 aromatic rings. The van der Waals surface area contributed by atoms with E-state index in [4.69, 9.17) is 5.73 Å². The molecule has 1 aliphatic heterocycles. The maximum absolute atomic E-state index is 13.8. The van der Waals surface area contributed by atoms with Crippen molar-refractivity contribution in [2.75, 3.05) is 39.3 Å². The number of hydrogen-bond donors (Lipinski definition) is 1. The van der Waals surface area contributed by atoms with Crippen molar-refractivity contribution in [3.63, 3.8) is 0 Å². The van der Waals surface area contributed by atoms with Crippen molar-refractivity contribution in [3.05, 3.63) is 35.6 Å². The zero-order chi connectivity index (χ0) is 15.5. The fourth-order valence-corrected chi connectivity index (χ4v) is 2.70. The van der Waals surface area contributed by atoms with Gasteiger partial charge < -0.3 is 5.73 Å². The number of alkyl halides is 3. The molecule has 1 atom stereocenters. The quantitative estimate of drug-likeness (QED) is 0.864. The Morgan fingerprint density at radius 1 is 1.10 bits per heavy atom. The van der Waals surface area contributed by atoms with Crippen LogP contribution in [-0.4, -0.2) is 55.2 Å². The number of nitrogens with two attached hydrogens (primary N) is 1. The Morgan fingerprint density at radius 2 is 1.71 bits per heavy atom. The highest BCUT2D eigenvalue weighted by molar-refractivity contribution is 5.21. The van der Waals surface area contributed by atoms with Crippen molar-refractivity contribution in [2.24, 2.45) is 5.73 Å². The minimum Gasteiger partial charge on any atom is -0.329 e. The lowest BCUT2D eigenvalue weighted by molar-refractivity contribution is -0.149. The van der Waals surface area contributed by atoms with Gasteiger partial charge >= 0.3 is 6.18 Å². The number of piperazine rings is 1. The Hall–Kier alpha value is -1.18. The Morgan fingerprint density at radius 3 is 2.24 bits per heavy atom. The fraction of sp³-hybridized carbons (Fsp3) is 0.571. The summed E-state index contributed by atoms with van der Waals surface area (Å²) in [6, 6.07) is 6.10. The third kappa shape index (κ3) is 4.39. The molecule has 0 aromatic heterocycles. The van der Waals surface area contributed by atoms with Crippen molar-refractivity contribution in [2.45, 2.75) is 12.2 Å². The average Bonchev–Trinajstić information content (AvgIpc) is 2.42. The third-order valence-corrected chi connectivity index (χ3v) is 3.74. The van der Waals surface area contributed by atoms with E-state index in [0.717, 1.165) is 0 Å². The summed E-state index contributed by atoms with van der Waals surface area (Å²) in [6.07, 6.45) is -4.18. The minimum atomic E-state index is -4.18. The summed E-state index contributed by atoms with van der Waals surface area (Å²) >= 11 is 0. The van der Waals surface area contributed by atoms with Crippen molar-refractivity contribution < 1.29 is 17.6 Å². The molecule has 7 heteroatoms. The normalized spacial score (nSPS) is 19.7. The molecule has 1 aliphatic rings. The first kappa shape index (κ1) is 16.2. The van der Waals surface area contributed by atoms with Gasteiger partial charge in [-0.15, -0.1) is 0 Å². The predicted octanol–water partition coefficient (Wildman–Crippen LogP) is 2.01. The molecule has 0 amide bonds. The fourth-order valence-electron chi connectivity index (χ4n) is 2.70. The molecule has 21 heavy (non-hydrogen) atoms. The lowest BCUT2D eigenvalue weighted by Gasteiger charge is -2.39. The Bertz CT molecular complexity index is 456. The van der Waals surface area contributed by atoms with E-state index >= 15 is 0 Å². The third-order valence-electron chi connectivity index (χ3n) is 3.74. The molecule has 1 unspecified atom stereocenters. The second-order valence-electron chi connectivity index (χ2n) is 5.20. The second kappa shape index (κ2) is 6.72. The molecule has 0 bridgehead atoms. The van der Waals surface area contributed by atoms with Crippen molar-refractivity contribution in [1.82, 2.24) is 9.80 Å². The van der Waals surface area contributed by atoms with Crippen LogP contribution in [-0.2, 0) is 0 Å². The first-order chi connectivity index (χ1) is 9.90. The van der Waals surface area contributed by atoms with Crippen LogP contribution in [0.4, 0.5) is 17.6 Å². The topological polar surface area (TPSA) is 32.5 Å². The van der Waals surface area contributed by atoms with Crippen LogP contribution >= 0.6 is 0 Å². The van der Waals surface area contributed by atoms with Crippen LogP contribution in [0, 0.1) is 5.82 Å². The molecule has 1 aromatic carbocycles. The molecule has 0 spiro atoms. The maximum atomic E-state index is 13.8. The van der Waals surface area contributed by atoms with Crippen LogP contribution in [0.3, 0.4) is 0 Å². The minimum absolute atomic E-state index is 0.236. The van der Waals surface area contributed by atoms with Crippen LogP contribution in [0.15, 0.2) is 24.3 Å². The summed E-state index contributed by atoms with van der Waals surface area (Å²) in [5, 5.41) is 0. The summed E-state index contributed by atoms with van der Waals surface area (Å²) in [5.74, 6) is -0.328. The number of halogens is 4. The smallest absolute Gasteiger partial charge is 0.329 e. The molecule has 2 rings (SSSR count). The van der Waals surface area contributed by atoms with Gasteiger partial charge in [0.1, 0.15) is 5.82 Å². The van der Waals surface area contributed by atoms with E-state index in [1.807, 2.05) is 4.90 Å². The second-order valence-corrected chi connectivity index (χ2v) is 5.20. The van der Waals surface area contributed by atoms with Crippen LogP contribution in [0.1, 0.15) is 11.6 Å². The van der Waals surface area contributed by atoms with E-state index in [9.17, 15) is 17.6 Å². The number of hydrogen-bond acceptors (Lipinski definition) is 3. The SMILES string of the molecule is NCC(c1ccccc1F)N1CCN(CC(F)(F)F)CC1. The van der Waals surface area contributed by atoms with Crippen LogP contribution < -0.4 is 5.73 Å². The van der Waals surface area contributed by atoms with Gasteiger partial charge in [0.05, 0.1) is 12.6 Å². The highest BCUT2D eigenvalue weighted by atomic mass is 19.4. The van der Waals surface area contributed by atoms with Gasteiger partial charge in [0.2, 0.25) is 0 Å². The summed E-state index contributed by atoms with van der Waals surface area (Å²) < 4.78 is 50.9. The van der Waals surface area contributed by atoms with Gasteiger partial charge in [0, 0.05) is 38.3 Å². The molecule has 1 saturated heterocycles. The largest absolute Gasteiger partial charge is 0.401 e. The number of rotatable bonds is 4. The van der Waals surface area contributed by atoms with Gasteiger partial charge in [-0.25, -0.2) is 4.39 Å². The summed E-state index contributed by atoms with van der Waals surface area (Å²) in [6.45, 7) is 0.863. The molecule has 0 aliphatic carbocycles. The van der Waals surface area contributed by atoms with E-state index in [1.54, 1.807) is 18.2 Å². The van der Waals surface area contributed by atoms with Gasteiger partial charge in [0.25, 0.3) is 0 Å². The first-order valence-electron chi connectivity index (χ1n) is 6.88. The molecule has 1 fully saturated rings. The lowest BCUT2D eigenvalue weighted by atomic mass is 10.0. The Labute approximate surface area is 121 Å². The lowest BCUT2D eigenvalue weighted by Crippen LogP contribution is -2.51. The van der Waals surface area contributed by atoms with Gasteiger partial charge in [-0.05, 0) is 6.07 Å². The first-order valence-corrected chi connectivity index (χ1v) is 6.88. The van der Waals surface area contributed by atoms with Crippen molar-refractivity contribution >= 4 is 0 Å². The van der Waals surface area contributed by atoms with Crippen LogP contribution in [0.2, 0.25) is 0 Å². The van der Waals surface area contributed by atoms with Crippen LogP contribution in [0.5, 0.6) is 0 Å². The molecule has 1 heterocycles. The van der Waals surface area contributed by atoms with Gasteiger partial charge in [0.15, 0.2) is 0 Å². The molecule has 0 saturated carbocycles. The van der Waals surface area contributed by atoms with Gasteiger partial charge in [-0.3, -0.25) is 9.80 Å². The summed E-state index contributed by atoms with van der Waals surface area (Å²) in [5.41, 5.74) is 6.24. The molecule has 0 radical (unpaired) electrons. The zero-order valence-electron chi connectivity index (χ0n) is 11.6. The van der Waals surface area contributed by atoms with E-state index in [0.29, 0.717) is 31.7 Å². The van der Waals surface area contributed by atoms with E-state index < -0.39 is 12.7 Å². The Kier molecular flexibility index (Phi) is 5.18. The molecule has 118 valence electrons. The van der Waals surface area contributed by atoms with Crippen molar-refractivity contribution in [1.29, 1.82) is 0 Å². The van der Waals surface area contributed by atoms with Gasteiger partial charge in [-0.2, -0.15) is 13.2 Å². The van der Waals surface area contributed by atoms with Crippen molar-refractivity contribution in [3.8, 4) is 0 Å². The highest BCUT2D eigenvalue weighted by Gasteiger charge is 2.33. The standard InChI is InChI=1S/C14H19F4N3/c15-12-4-2-1-3-11(12)13(9-19)21-7-5-20(6-8-21)10-14(16,17)18/h1-4,13H,5-10,19H2. The molecular weight excluding hydrogens is 286 g/mol. The zero-order valence-corrected chi connectivity index (χ0v) is 11.6. The van der Waals surface area contributed by atoms with E-state index in [2.05, 4.69) is 0 Å². The Balaban J connectivity index is 1.98. The maximum Gasteiger partial charge on any atom is 0.401 e. The highest BCUT2D eigenvalue weighted by Crippen LogP contribution is 2.24. The van der Waals surface area contributed by atoms with E-state index in [-0.39, 0.29) is 18.4 Å². The predicted molar refractivity (Wildman–Crippen MR) is 72.3 cm³/mol. The molecule has 3 nitrogen and oxygen atoms in total. The van der Waals surface area contributed by atoms with E-state index in [1.165, 1.54) is 11.0 Å². The van der Waals surface area contributed by atoms with Gasteiger partial charge in [-0.1, -0.05) is 18.2 Å². The number of nitrogens with zero attached hydrogens (tertiary/aromatic N) is 2. The van der Waals surface area contributed by atoms with Crippen LogP contribution in [0.25, 0.3) is 0 Å². The molecular formula is C14H19F4N3. The summed E-state index contributed by atoms with van der Waals surface area (Å²) in [4.78, 5) is 3.32. The number of benzene rings is 1. The molecule has 2 N–H and O–H groups in total.